The molecule has 0 radical (unpaired) electrons. The molecule has 0 aromatic heterocycles. The maximum Gasteiger partial charge on any atom is 0.180 e. The molecule has 83 heavy (non-hydrogen) atoms. The largest absolute Gasteiger partial charge is 0.353 e. The molecule has 2 unspecified atom stereocenters. The fourth-order valence-corrected chi connectivity index (χ4v) is 11.1. The molecule has 0 saturated carbocycles. The van der Waals surface area contributed by atoms with Gasteiger partial charge in [-0.15, -0.1) is 0 Å². The van der Waals surface area contributed by atoms with E-state index >= 15 is 0 Å². The van der Waals surface area contributed by atoms with Crippen molar-refractivity contribution in [3.8, 4) is 0 Å². The van der Waals surface area contributed by atoms with Crippen molar-refractivity contribution in [1.82, 2.24) is 0 Å². The second kappa shape index (κ2) is 73.7. The van der Waals surface area contributed by atoms with Crippen LogP contribution >= 0.6 is 0 Å². The molecule has 0 amide bonds. The number of hydrogen-bond acceptors (Lipinski definition) is 7. The minimum absolute atomic E-state index is 0.0193. The van der Waals surface area contributed by atoms with Crippen molar-refractivity contribution in [3.05, 3.63) is 24.3 Å². The topological polar surface area (TPSA) is 64.6 Å². The molecular formula is C76H150O7. The minimum Gasteiger partial charge on any atom is -0.353 e. The summed E-state index contributed by atoms with van der Waals surface area (Å²) in [6, 6.07) is 0. The predicted molar refractivity (Wildman–Crippen MR) is 363 cm³/mol. The summed E-state index contributed by atoms with van der Waals surface area (Å²) in [6.07, 6.45) is 79.3. The van der Waals surface area contributed by atoms with Crippen LogP contribution in [0.4, 0.5) is 0 Å². The molecule has 0 bridgehead atoms. The van der Waals surface area contributed by atoms with E-state index < -0.39 is 0 Å². The molecule has 0 aliphatic heterocycles. The van der Waals surface area contributed by atoms with E-state index in [0.29, 0.717) is 0 Å². The highest BCUT2D eigenvalue weighted by Crippen LogP contribution is 2.20. The molecule has 496 valence electrons. The maximum absolute atomic E-state index is 6.65. The molecule has 7 nitrogen and oxygen atoms in total. The van der Waals surface area contributed by atoms with Gasteiger partial charge in [-0.05, 0) is 102 Å². The Morgan fingerprint density at radius 2 is 0.398 bits per heavy atom. The summed E-state index contributed by atoms with van der Waals surface area (Å²) in [5, 5.41) is 0. The van der Waals surface area contributed by atoms with Gasteiger partial charge in [0.1, 0.15) is 0 Å². The van der Waals surface area contributed by atoms with E-state index in [1.807, 2.05) is 0 Å². The Bertz CT molecular complexity index is 1080. The van der Waals surface area contributed by atoms with Gasteiger partial charge in [0.2, 0.25) is 0 Å². The van der Waals surface area contributed by atoms with Crippen molar-refractivity contribution in [1.29, 1.82) is 0 Å². The summed E-state index contributed by atoms with van der Waals surface area (Å²) < 4.78 is 44.9. The molecule has 0 aromatic carbocycles. The molecule has 0 fully saturated rings. The van der Waals surface area contributed by atoms with E-state index in [9.17, 15) is 0 Å². The first-order valence-corrected chi connectivity index (χ1v) is 37.8. The van der Waals surface area contributed by atoms with E-state index in [4.69, 9.17) is 33.2 Å². The van der Waals surface area contributed by atoms with E-state index in [2.05, 4.69) is 65.8 Å². The number of unbranched alkanes of at least 4 members (excludes halogenated alkanes) is 46. The van der Waals surface area contributed by atoms with E-state index in [1.165, 1.54) is 321 Å². The summed E-state index contributed by atoms with van der Waals surface area (Å²) in [5.74, 6) is 0. The Balaban J connectivity index is 4.98. The van der Waals surface area contributed by atoms with Gasteiger partial charge in [-0.2, -0.15) is 0 Å². The average Bonchev–Trinajstić information content (AvgIpc) is 3.49. The summed E-state index contributed by atoms with van der Waals surface area (Å²) >= 11 is 0. The fourth-order valence-electron chi connectivity index (χ4n) is 11.1. The normalized spacial score (nSPS) is 12.9. The zero-order valence-corrected chi connectivity index (χ0v) is 57.3. The molecule has 0 rings (SSSR count). The van der Waals surface area contributed by atoms with E-state index in [-0.39, 0.29) is 25.2 Å². The zero-order valence-electron chi connectivity index (χ0n) is 57.3. The summed E-state index contributed by atoms with van der Waals surface area (Å²) in [4.78, 5) is 0. The van der Waals surface area contributed by atoms with Crippen molar-refractivity contribution in [2.45, 2.75) is 426 Å². The van der Waals surface area contributed by atoms with Crippen LogP contribution in [0.25, 0.3) is 0 Å². The Morgan fingerprint density at radius 3 is 0.639 bits per heavy atom. The highest BCUT2D eigenvalue weighted by Gasteiger charge is 2.15. The Labute approximate surface area is 521 Å². The lowest BCUT2D eigenvalue weighted by Crippen LogP contribution is -2.25. The maximum atomic E-state index is 6.65. The van der Waals surface area contributed by atoms with Crippen LogP contribution in [0.1, 0.15) is 401 Å². The summed E-state index contributed by atoms with van der Waals surface area (Å²) in [5.41, 5.74) is 0. The zero-order chi connectivity index (χ0) is 59.9. The van der Waals surface area contributed by atoms with Gasteiger partial charge < -0.3 is 33.2 Å². The predicted octanol–water partition coefficient (Wildman–Crippen LogP) is 25.5. The highest BCUT2D eigenvalue weighted by molar-refractivity contribution is 4.90. The lowest BCUT2D eigenvalue weighted by Gasteiger charge is -2.22. The SMILES string of the molecule is CCCCCCCCCOC(CCCCCCCCCC=CC(OCCCCCCC)OC(C=CCCCCCCCCCC(OCCCCCCCCC)OCCCCCCCCC)OCCCCCCC)OCCCCCCCCC. The highest BCUT2D eigenvalue weighted by atomic mass is 16.8. The molecule has 0 saturated heterocycles. The van der Waals surface area contributed by atoms with Crippen molar-refractivity contribution in [3.63, 3.8) is 0 Å². The summed E-state index contributed by atoms with van der Waals surface area (Å²) in [6.45, 7) is 18.6. The first-order chi connectivity index (χ1) is 41.1. The lowest BCUT2D eigenvalue weighted by molar-refractivity contribution is -0.208. The number of hydrogen-bond donors (Lipinski definition) is 0. The van der Waals surface area contributed by atoms with Crippen molar-refractivity contribution in [2.24, 2.45) is 0 Å². The van der Waals surface area contributed by atoms with Crippen molar-refractivity contribution in [2.75, 3.05) is 39.6 Å². The molecule has 0 aliphatic carbocycles. The van der Waals surface area contributed by atoms with Gasteiger partial charge in [0, 0.05) is 26.4 Å². The average molecular weight is 1180 g/mol. The molecule has 0 heterocycles. The van der Waals surface area contributed by atoms with Crippen LogP contribution in [0.5, 0.6) is 0 Å². The second-order valence-corrected chi connectivity index (χ2v) is 25.2. The second-order valence-electron chi connectivity index (χ2n) is 25.2. The van der Waals surface area contributed by atoms with Crippen LogP contribution in [-0.2, 0) is 33.2 Å². The van der Waals surface area contributed by atoms with Crippen LogP contribution in [0.2, 0.25) is 0 Å². The Hall–Kier alpha value is -0.800. The molecule has 0 aliphatic rings. The van der Waals surface area contributed by atoms with Crippen LogP contribution in [0.15, 0.2) is 24.3 Å². The minimum atomic E-state index is -0.387. The molecule has 2 atom stereocenters. The third kappa shape index (κ3) is 67.0. The lowest BCUT2D eigenvalue weighted by atomic mass is 10.1. The molecule has 0 aromatic rings. The molecule has 0 spiro atoms. The smallest absolute Gasteiger partial charge is 0.180 e. The first kappa shape index (κ1) is 82.2. The van der Waals surface area contributed by atoms with Crippen molar-refractivity contribution >= 4 is 0 Å². The van der Waals surface area contributed by atoms with E-state index in [0.717, 1.165) is 78.2 Å². The van der Waals surface area contributed by atoms with Crippen LogP contribution in [0, 0.1) is 0 Å². The fraction of sp³-hybridized carbons (Fsp3) is 0.947. The third-order valence-corrected chi connectivity index (χ3v) is 16.7. The van der Waals surface area contributed by atoms with Gasteiger partial charge in [-0.1, -0.05) is 323 Å². The molecule has 0 N–H and O–H groups in total. The monoisotopic (exact) mass is 1180 g/mol. The van der Waals surface area contributed by atoms with Crippen LogP contribution in [0.3, 0.4) is 0 Å². The molecular weight excluding hydrogens is 1020 g/mol. The summed E-state index contributed by atoms with van der Waals surface area (Å²) in [7, 11) is 0. The van der Waals surface area contributed by atoms with Crippen LogP contribution in [-0.4, -0.2) is 64.8 Å². The van der Waals surface area contributed by atoms with Gasteiger partial charge in [0.15, 0.2) is 25.2 Å². The van der Waals surface area contributed by atoms with Gasteiger partial charge in [-0.25, -0.2) is 0 Å². The quantitative estimate of drug-likeness (QED) is 0.0342. The van der Waals surface area contributed by atoms with Gasteiger partial charge in [0.05, 0.1) is 13.2 Å². The molecule has 7 heteroatoms. The number of rotatable bonds is 74. The first-order valence-electron chi connectivity index (χ1n) is 37.8. The number of allylic oxidation sites excluding steroid dienone is 2. The van der Waals surface area contributed by atoms with Gasteiger partial charge in [0.25, 0.3) is 0 Å². The standard InChI is InChI=1S/C76H150O7/c1-7-13-19-25-39-49-59-67-77-73(78-68-60-50-40-26-20-14-8-2)63-53-43-35-31-29-33-37-45-55-65-75(81-71-57-47-23-17-11-5)83-76(82-72-58-48-24-18-12-6)66-56-46-38-34-30-32-36-44-54-64-74(79-69-61-51-41-27-21-15-9-3)80-70-62-52-42-28-22-16-10-4/h55-56,65-66,73-76H,7-54,57-64,67-72H2,1-6H3. The van der Waals surface area contributed by atoms with Gasteiger partial charge in [-0.3, -0.25) is 0 Å². The Kier molecular flexibility index (Phi) is 73.0. The number of ether oxygens (including phenoxy) is 7. The van der Waals surface area contributed by atoms with Crippen LogP contribution < -0.4 is 0 Å². The Morgan fingerprint density at radius 1 is 0.205 bits per heavy atom. The van der Waals surface area contributed by atoms with E-state index in [1.54, 1.807) is 0 Å². The third-order valence-electron chi connectivity index (χ3n) is 16.7. The van der Waals surface area contributed by atoms with Gasteiger partial charge >= 0.3 is 0 Å². The van der Waals surface area contributed by atoms with Crippen molar-refractivity contribution < 1.29 is 33.2 Å².